The van der Waals surface area contributed by atoms with Crippen molar-refractivity contribution >= 4 is 58.9 Å². The van der Waals surface area contributed by atoms with Crippen LogP contribution in [0, 0.1) is 5.41 Å². The molecule has 6 rings (SSSR count). The Morgan fingerprint density at radius 2 is 1.45 bits per heavy atom. The number of likely N-dealkylation sites (N-methyl/N-ethyl adjacent to an activating group) is 2. The monoisotopic (exact) mass is 1200 g/mol. The molecule has 0 aliphatic carbocycles. The van der Waals surface area contributed by atoms with Crippen molar-refractivity contribution in [3.8, 4) is 5.75 Å². The van der Waals surface area contributed by atoms with Gasteiger partial charge < -0.3 is 60.6 Å². The molecule has 5 atom stereocenters. The summed E-state index contributed by atoms with van der Waals surface area (Å²) in [6.07, 6.45) is 1.35. The molecule has 4 aromatic rings. The Morgan fingerprint density at radius 3 is 2.13 bits per heavy atom. The molecule has 0 radical (unpaired) electrons. The zero-order chi connectivity index (χ0) is 64.0. The number of nitrogens with one attached hydrogen (secondary N) is 5. The first-order valence-electron chi connectivity index (χ1n) is 29.8. The number of nitrogens with zero attached hydrogens (tertiary/aromatic N) is 2. The zero-order valence-corrected chi connectivity index (χ0v) is 52.0. The van der Waals surface area contributed by atoms with E-state index in [0.29, 0.717) is 41.8 Å². The van der Waals surface area contributed by atoms with Gasteiger partial charge >= 0.3 is 18.0 Å². The van der Waals surface area contributed by atoms with Crippen LogP contribution >= 0.6 is 0 Å². The first-order valence-corrected chi connectivity index (χ1v) is 29.8. The van der Waals surface area contributed by atoms with Crippen LogP contribution in [0.15, 0.2) is 103 Å². The number of amides is 6. The first kappa shape index (κ1) is 69.6. The molecule has 6 amide bonds. The van der Waals surface area contributed by atoms with E-state index in [2.05, 4.69) is 58.6 Å². The van der Waals surface area contributed by atoms with E-state index in [1.165, 1.54) is 36.9 Å². The molecule has 2 aliphatic heterocycles. The minimum absolute atomic E-state index is 0.0126. The predicted molar refractivity (Wildman–Crippen MR) is 331 cm³/mol. The molecule has 21 heteroatoms. The summed E-state index contributed by atoms with van der Waals surface area (Å²) in [7, 11) is 3.16. The number of hydrogen-bond donors (Lipinski definition) is 8. The summed E-state index contributed by atoms with van der Waals surface area (Å²) in [5.74, 6) is -3.68. The van der Waals surface area contributed by atoms with Gasteiger partial charge in [0.2, 0.25) is 35.8 Å². The Kier molecular flexibility index (Phi) is 26.5. The smallest absolute Gasteiger partial charge is 0.411 e. The van der Waals surface area contributed by atoms with E-state index in [-0.39, 0.29) is 81.5 Å². The van der Waals surface area contributed by atoms with E-state index in [9.17, 15) is 53.7 Å². The molecule has 0 saturated carbocycles. The minimum atomic E-state index is -1.31. The van der Waals surface area contributed by atoms with Crippen molar-refractivity contribution in [1.82, 2.24) is 26.2 Å². The average Bonchev–Trinajstić information content (AvgIpc) is 2.47. The number of aliphatic hydroxyl groups is 1. The lowest BCUT2D eigenvalue weighted by Crippen LogP contribution is -2.60. The lowest BCUT2D eigenvalue weighted by atomic mass is 9.76. The number of para-hydroxylation sites is 1. The highest BCUT2D eigenvalue weighted by molar-refractivity contribution is 5.94. The Bertz CT molecular complexity index is 3060. The van der Waals surface area contributed by atoms with E-state index in [0.717, 1.165) is 29.7 Å². The van der Waals surface area contributed by atoms with Gasteiger partial charge in [0.1, 0.15) is 18.4 Å². The van der Waals surface area contributed by atoms with Gasteiger partial charge in [-0.05, 0) is 103 Å². The molecule has 0 bridgehead atoms. The average molecular weight is 1200 g/mol. The third-order valence-electron chi connectivity index (χ3n) is 15.1. The number of hydrogen-bond acceptors (Lipinski definition) is 13. The number of aliphatic hydroxyl groups excluding tert-OH is 1. The zero-order valence-electron chi connectivity index (χ0n) is 52.0. The maximum Gasteiger partial charge on any atom is 0.411 e. The van der Waals surface area contributed by atoms with Crippen LogP contribution in [0.5, 0.6) is 5.75 Å². The molecule has 21 nitrogen and oxygen atoms in total. The largest absolute Gasteiger partial charge is 0.479 e. The topological polar surface area (TPSA) is 292 Å². The number of aliphatic carboxylic acids is 2. The van der Waals surface area contributed by atoms with Crippen LogP contribution in [0.4, 0.5) is 16.2 Å². The fraction of sp³-hybridized carbons (Fsp3) is 0.485. The number of carbonyl (C=O) groups is 8. The molecule has 8 N–H and O–H groups in total. The van der Waals surface area contributed by atoms with Crippen molar-refractivity contribution in [1.29, 1.82) is 0 Å². The fourth-order valence-electron chi connectivity index (χ4n) is 10.1. The van der Waals surface area contributed by atoms with E-state index in [1.807, 2.05) is 69.9 Å². The lowest BCUT2D eigenvalue weighted by molar-refractivity contribution is -0.195. The number of rotatable bonds is 25. The van der Waals surface area contributed by atoms with Crippen LogP contribution in [0.1, 0.15) is 140 Å². The van der Waals surface area contributed by atoms with Crippen LogP contribution in [-0.4, -0.2) is 126 Å². The van der Waals surface area contributed by atoms with Crippen LogP contribution in [0.2, 0.25) is 0 Å². The normalized spacial score (nSPS) is 16.5. The lowest BCUT2D eigenvalue weighted by Gasteiger charge is -2.38. The third kappa shape index (κ3) is 21.1. The van der Waals surface area contributed by atoms with Crippen molar-refractivity contribution in [3.63, 3.8) is 0 Å². The summed E-state index contributed by atoms with van der Waals surface area (Å²) in [5.41, 5.74) is 4.73. The van der Waals surface area contributed by atoms with Gasteiger partial charge in [0.05, 0.1) is 18.7 Å². The van der Waals surface area contributed by atoms with Gasteiger partial charge in [-0.2, -0.15) is 0 Å². The maximum atomic E-state index is 14.1. The van der Waals surface area contributed by atoms with Gasteiger partial charge in [-0.1, -0.05) is 122 Å². The van der Waals surface area contributed by atoms with Crippen molar-refractivity contribution in [2.24, 2.45) is 5.41 Å². The van der Waals surface area contributed by atoms with Crippen molar-refractivity contribution in [2.45, 2.75) is 175 Å². The highest BCUT2D eigenvalue weighted by Crippen LogP contribution is 2.33. The first-order chi connectivity index (χ1) is 41.2. The summed E-state index contributed by atoms with van der Waals surface area (Å²) >= 11 is 0. The number of aryl methyl sites for hydroxylation is 2. The third-order valence-corrected chi connectivity index (χ3v) is 15.1. The molecular weight excluding hydrogens is 1110 g/mol. The Morgan fingerprint density at radius 1 is 0.793 bits per heavy atom. The SMILES string of the molecule is CCC.CNC(C(=O)NC(C(=O)N(C)C/C=C(\C)C(=O)O)C(C)(C)C)C(C)(C)c1cccc(NC(=O)OCc2ccc(OC3CC(O)CC(C(=O)O)O3)c(CNC(=O)CCNC(=O)CCCCC(=O)N3Cc4ccccc4CCc4ccccc43)c2)c1. The summed E-state index contributed by atoms with van der Waals surface area (Å²) in [4.78, 5) is 107. The van der Waals surface area contributed by atoms with Crippen LogP contribution in [-0.2, 0) is 81.0 Å². The fourth-order valence-corrected chi connectivity index (χ4v) is 10.1. The summed E-state index contributed by atoms with van der Waals surface area (Å²) in [6.45, 7) is 15.0. The molecule has 1 fully saturated rings. The number of carboxylic acid groups (broad SMARTS) is 2. The van der Waals surface area contributed by atoms with Crippen LogP contribution in [0.3, 0.4) is 0 Å². The predicted octanol–water partition coefficient (Wildman–Crippen LogP) is 8.08. The Hall–Kier alpha value is -8.14. The van der Waals surface area contributed by atoms with E-state index in [1.54, 1.807) is 49.5 Å². The van der Waals surface area contributed by atoms with E-state index >= 15 is 0 Å². The van der Waals surface area contributed by atoms with Gasteiger partial charge in [-0.25, -0.2) is 14.4 Å². The number of carboxylic acids is 2. The summed E-state index contributed by atoms with van der Waals surface area (Å²) in [5, 5.41) is 43.7. The molecule has 0 spiro atoms. The van der Waals surface area contributed by atoms with Gasteiger partial charge in [0, 0.05) is 86.7 Å². The van der Waals surface area contributed by atoms with Crippen molar-refractivity contribution < 1.29 is 67.9 Å². The number of fused-ring (bicyclic) bond motifs is 2. The highest BCUT2D eigenvalue weighted by atomic mass is 16.7. The van der Waals surface area contributed by atoms with Gasteiger partial charge in [0.25, 0.3) is 0 Å². The molecule has 5 unspecified atom stereocenters. The van der Waals surface area contributed by atoms with Crippen LogP contribution in [0.25, 0.3) is 0 Å². The van der Waals surface area contributed by atoms with E-state index in [4.69, 9.17) is 14.2 Å². The number of anilines is 2. The van der Waals surface area contributed by atoms with E-state index < -0.39 is 77.2 Å². The summed E-state index contributed by atoms with van der Waals surface area (Å²) < 4.78 is 17.3. The molecule has 87 heavy (non-hydrogen) atoms. The second kappa shape index (κ2) is 33.1. The molecule has 4 aromatic carbocycles. The highest BCUT2D eigenvalue weighted by Gasteiger charge is 2.41. The number of ether oxygens (including phenoxy) is 3. The molecule has 2 heterocycles. The summed E-state index contributed by atoms with van der Waals surface area (Å²) in [6, 6.07) is 26.0. The molecule has 2 aliphatic rings. The van der Waals surface area contributed by atoms with Crippen molar-refractivity contribution in [2.75, 3.05) is 37.4 Å². The molecule has 0 aromatic heterocycles. The quantitative estimate of drug-likeness (QED) is 0.0230. The van der Waals surface area contributed by atoms with Crippen molar-refractivity contribution in [3.05, 3.63) is 136 Å². The Balaban J connectivity index is 0.00000450. The van der Waals surface area contributed by atoms with Crippen LogP contribution < -0.4 is 36.2 Å². The minimum Gasteiger partial charge on any atom is -0.479 e. The molecule has 472 valence electrons. The number of unbranched alkanes of at least 4 members (excludes halogenated alkanes) is 1. The van der Waals surface area contributed by atoms with Gasteiger partial charge in [-0.3, -0.25) is 29.3 Å². The standard InChI is InChI=1S/C63H81N7O14.C3H8/c1-39(59(77)78)29-31-69(8)58(76)56(62(2,3)4)68-57(75)55(64-7)63(5,6)45-19-15-20-46(33-45)67-61(81)82-38-40-24-27-49(83-54-35-47(71)34-50(84-54)60(79)80)44(32-40)36-66-52(73)28-30-65-51(72)22-13-14-23-53(74)70-37-43-18-10-9-16-41(43)25-26-42-17-11-12-21-48(42)70;1-3-2/h9-12,15-21,24,27,29,32-33,47,50,54-56,64,71H,13-14,22-23,25-26,28,30-31,34-38H2,1-8H3,(H,65,72)(H,66,73)(H,67,81)(H,68,75)(H,77,78)(H,79,80);3H2,1-2H3/b39-29+;. The second-order valence-corrected chi connectivity index (χ2v) is 23.7. The maximum absolute atomic E-state index is 14.1. The molecule has 1 saturated heterocycles. The number of benzene rings is 4. The van der Waals surface area contributed by atoms with Gasteiger partial charge in [-0.15, -0.1) is 0 Å². The second-order valence-electron chi connectivity index (χ2n) is 23.7. The number of carbonyl (C=O) groups excluding carboxylic acids is 6. The molecular formula is C66H89N7O14. The Labute approximate surface area is 511 Å². The van der Waals surface area contributed by atoms with Gasteiger partial charge in [0.15, 0.2) is 6.10 Å².